The summed E-state index contributed by atoms with van der Waals surface area (Å²) in [6.07, 6.45) is 3.42. The molecule has 2 aromatic rings. The van der Waals surface area contributed by atoms with E-state index >= 15 is 0 Å². The summed E-state index contributed by atoms with van der Waals surface area (Å²) in [5.41, 5.74) is 11.4. The molecule has 2 rings (SSSR count). The van der Waals surface area contributed by atoms with E-state index in [1.807, 2.05) is 52.8 Å². The predicted molar refractivity (Wildman–Crippen MR) is 97.9 cm³/mol. The molecule has 5 heteroatoms. The summed E-state index contributed by atoms with van der Waals surface area (Å²) in [5, 5.41) is 9.64. The summed E-state index contributed by atoms with van der Waals surface area (Å²) in [6, 6.07) is 8.72. The minimum Gasteiger partial charge on any atom is -0.318 e. The van der Waals surface area contributed by atoms with Crippen molar-refractivity contribution in [3.8, 4) is 6.07 Å². The molecule has 5 nitrogen and oxygen atoms in total. The summed E-state index contributed by atoms with van der Waals surface area (Å²) in [7, 11) is 0. The Morgan fingerprint density at radius 2 is 1.83 bits per heavy atom. The number of nitrogens with zero attached hydrogens (tertiary/aromatic N) is 3. The van der Waals surface area contributed by atoms with Crippen LogP contribution in [-0.2, 0) is 0 Å². The lowest BCUT2D eigenvalue weighted by Crippen LogP contribution is -2.29. The van der Waals surface area contributed by atoms with Gasteiger partial charge in [-0.3, -0.25) is 0 Å². The number of hydrazine groups is 1. The zero-order valence-electron chi connectivity index (χ0n) is 14.8. The lowest BCUT2D eigenvalue weighted by atomic mass is 9.95. The Bertz CT molecular complexity index is 782. The molecule has 1 aromatic heterocycles. The largest absolute Gasteiger partial charge is 0.318 e. The molecule has 2 N–H and O–H groups in total. The van der Waals surface area contributed by atoms with Gasteiger partial charge in [-0.25, -0.2) is 15.4 Å². The number of nitriles is 1. The number of allylic oxidation sites excluding steroid dienone is 2. The molecule has 0 saturated heterocycles. The SMILES string of the molecule is C/C(=C(/C#N)c1cc(C)ccc1C)c1ncc(NNC(C)C)cn1. The van der Waals surface area contributed by atoms with Gasteiger partial charge in [-0.05, 0) is 45.7 Å². The maximum Gasteiger partial charge on any atom is 0.156 e. The first kappa shape index (κ1) is 17.6. The minimum absolute atomic E-state index is 0.306. The van der Waals surface area contributed by atoms with Crippen molar-refractivity contribution in [2.45, 2.75) is 40.7 Å². The average molecular weight is 321 g/mol. The van der Waals surface area contributed by atoms with Gasteiger partial charge in [-0.15, -0.1) is 0 Å². The molecule has 1 heterocycles. The Balaban J connectivity index is 2.36. The summed E-state index contributed by atoms with van der Waals surface area (Å²) in [4.78, 5) is 8.76. The van der Waals surface area contributed by atoms with Crippen molar-refractivity contribution in [2.75, 3.05) is 5.43 Å². The molecule has 0 amide bonds. The number of rotatable bonds is 5. The third kappa shape index (κ3) is 4.18. The van der Waals surface area contributed by atoms with Crippen LogP contribution >= 0.6 is 0 Å². The van der Waals surface area contributed by atoms with Gasteiger partial charge in [0.05, 0.1) is 23.7 Å². The topological polar surface area (TPSA) is 73.6 Å². The van der Waals surface area contributed by atoms with Crippen molar-refractivity contribution in [1.82, 2.24) is 15.4 Å². The highest BCUT2D eigenvalue weighted by Gasteiger charge is 2.12. The molecule has 0 radical (unpaired) electrons. The summed E-state index contributed by atoms with van der Waals surface area (Å²) in [5.74, 6) is 0.558. The smallest absolute Gasteiger partial charge is 0.156 e. The van der Waals surface area contributed by atoms with E-state index in [-0.39, 0.29) is 0 Å². The van der Waals surface area contributed by atoms with E-state index < -0.39 is 0 Å². The van der Waals surface area contributed by atoms with Gasteiger partial charge in [0.25, 0.3) is 0 Å². The van der Waals surface area contributed by atoms with Gasteiger partial charge < -0.3 is 5.43 Å². The van der Waals surface area contributed by atoms with Crippen molar-refractivity contribution >= 4 is 16.8 Å². The number of aromatic nitrogens is 2. The summed E-state index contributed by atoms with van der Waals surface area (Å²) in [6.45, 7) is 9.99. The molecule has 0 aliphatic heterocycles. The molecule has 124 valence electrons. The highest BCUT2D eigenvalue weighted by molar-refractivity contribution is 5.96. The Hall–Kier alpha value is -2.71. The van der Waals surface area contributed by atoms with E-state index in [0.717, 1.165) is 28.0 Å². The maximum absolute atomic E-state index is 9.64. The molecular formula is C19H23N5. The number of aryl methyl sites for hydroxylation is 2. The fourth-order valence-electron chi connectivity index (χ4n) is 2.28. The van der Waals surface area contributed by atoms with Gasteiger partial charge in [0.15, 0.2) is 5.82 Å². The van der Waals surface area contributed by atoms with E-state index in [4.69, 9.17) is 0 Å². The normalized spacial score (nSPS) is 11.9. The lowest BCUT2D eigenvalue weighted by Gasteiger charge is -2.12. The fraction of sp³-hybridized carbons (Fsp3) is 0.316. The van der Waals surface area contributed by atoms with Gasteiger partial charge in [-0.2, -0.15) is 5.26 Å². The number of nitrogens with one attached hydrogen (secondary N) is 2. The van der Waals surface area contributed by atoms with E-state index in [9.17, 15) is 5.26 Å². The van der Waals surface area contributed by atoms with Crippen molar-refractivity contribution in [2.24, 2.45) is 0 Å². The van der Waals surface area contributed by atoms with Crippen LogP contribution in [-0.4, -0.2) is 16.0 Å². The van der Waals surface area contributed by atoms with Gasteiger partial charge in [0, 0.05) is 11.6 Å². The van der Waals surface area contributed by atoms with Crippen molar-refractivity contribution in [3.63, 3.8) is 0 Å². The van der Waals surface area contributed by atoms with Crippen LogP contribution in [0, 0.1) is 25.2 Å². The lowest BCUT2D eigenvalue weighted by molar-refractivity contribution is 0.659. The third-order valence-electron chi connectivity index (χ3n) is 3.64. The molecule has 0 aliphatic rings. The second-order valence-corrected chi connectivity index (χ2v) is 6.15. The van der Waals surface area contributed by atoms with Crippen LogP contribution in [0.2, 0.25) is 0 Å². The van der Waals surface area contributed by atoms with Crippen molar-refractivity contribution < 1.29 is 0 Å². The van der Waals surface area contributed by atoms with E-state index in [1.165, 1.54) is 0 Å². The highest BCUT2D eigenvalue weighted by atomic mass is 15.4. The first-order valence-electron chi connectivity index (χ1n) is 7.95. The Morgan fingerprint density at radius 3 is 2.42 bits per heavy atom. The van der Waals surface area contributed by atoms with E-state index in [0.29, 0.717) is 17.4 Å². The maximum atomic E-state index is 9.64. The second kappa shape index (κ2) is 7.71. The molecule has 1 aromatic carbocycles. The molecule has 0 atom stereocenters. The minimum atomic E-state index is 0.306. The van der Waals surface area contributed by atoms with Gasteiger partial charge in [0.1, 0.15) is 6.07 Å². The molecule has 0 bridgehead atoms. The molecule has 0 aliphatic carbocycles. The predicted octanol–water partition coefficient (Wildman–Crippen LogP) is 3.87. The van der Waals surface area contributed by atoms with Crippen molar-refractivity contribution in [3.05, 3.63) is 53.1 Å². The van der Waals surface area contributed by atoms with Crippen LogP contribution in [0.3, 0.4) is 0 Å². The standard InChI is InChI=1S/C19H23N5/c1-12(2)23-24-16-10-21-19(22-11-16)15(5)18(9-20)17-8-13(3)6-7-14(17)4/h6-8,10-12,23-24H,1-5H3/b18-15+. The Kier molecular flexibility index (Phi) is 5.67. The Labute approximate surface area is 143 Å². The zero-order valence-corrected chi connectivity index (χ0v) is 14.8. The molecule has 0 fully saturated rings. The van der Waals surface area contributed by atoms with Crippen LogP contribution in [0.5, 0.6) is 0 Å². The second-order valence-electron chi connectivity index (χ2n) is 6.15. The molecule has 0 saturated carbocycles. The van der Waals surface area contributed by atoms with Gasteiger partial charge >= 0.3 is 0 Å². The number of hydrogen-bond donors (Lipinski definition) is 2. The fourth-order valence-corrected chi connectivity index (χ4v) is 2.28. The molecule has 0 unspecified atom stereocenters. The van der Waals surface area contributed by atoms with Crippen LogP contribution < -0.4 is 10.9 Å². The number of anilines is 1. The van der Waals surface area contributed by atoms with E-state index in [1.54, 1.807) is 12.4 Å². The number of hydrogen-bond acceptors (Lipinski definition) is 5. The zero-order chi connectivity index (χ0) is 17.7. The molecular weight excluding hydrogens is 298 g/mol. The van der Waals surface area contributed by atoms with Gasteiger partial charge in [0.2, 0.25) is 0 Å². The quantitative estimate of drug-likeness (QED) is 0.646. The molecule has 0 spiro atoms. The summed E-state index contributed by atoms with van der Waals surface area (Å²) < 4.78 is 0. The Morgan fingerprint density at radius 1 is 1.17 bits per heavy atom. The van der Waals surface area contributed by atoms with Crippen LogP contribution in [0.1, 0.15) is 43.3 Å². The van der Waals surface area contributed by atoms with Crippen molar-refractivity contribution in [1.29, 1.82) is 5.26 Å². The first-order valence-corrected chi connectivity index (χ1v) is 7.95. The first-order chi connectivity index (χ1) is 11.4. The van der Waals surface area contributed by atoms with E-state index in [2.05, 4.69) is 26.9 Å². The molecule has 24 heavy (non-hydrogen) atoms. The van der Waals surface area contributed by atoms with Crippen LogP contribution in [0.15, 0.2) is 30.6 Å². The monoisotopic (exact) mass is 321 g/mol. The summed E-state index contributed by atoms with van der Waals surface area (Å²) >= 11 is 0. The van der Waals surface area contributed by atoms with Crippen LogP contribution in [0.4, 0.5) is 5.69 Å². The number of benzene rings is 1. The van der Waals surface area contributed by atoms with Crippen LogP contribution in [0.25, 0.3) is 11.1 Å². The average Bonchev–Trinajstić information content (AvgIpc) is 2.57. The van der Waals surface area contributed by atoms with Gasteiger partial charge in [-0.1, -0.05) is 23.8 Å². The highest BCUT2D eigenvalue weighted by Crippen LogP contribution is 2.27. The third-order valence-corrected chi connectivity index (χ3v) is 3.64.